The first-order valence-electron chi connectivity index (χ1n) is 8.89. The van der Waals surface area contributed by atoms with Gasteiger partial charge in [0, 0.05) is 23.5 Å². The summed E-state index contributed by atoms with van der Waals surface area (Å²) in [5, 5.41) is 10.1. The molecule has 2 aromatic carbocycles. The van der Waals surface area contributed by atoms with Gasteiger partial charge in [0.1, 0.15) is 5.82 Å². The van der Waals surface area contributed by atoms with E-state index >= 15 is 0 Å². The summed E-state index contributed by atoms with van der Waals surface area (Å²) < 4.78 is 19.2. The summed E-state index contributed by atoms with van der Waals surface area (Å²) in [5.74, 6) is -1.40. The molecule has 1 atom stereocenters. The molecule has 4 rings (SSSR count). The summed E-state index contributed by atoms with van der Waals surface area (Å²) in [6.07, 6.45) is 2.22. The second kappa shape index (κ2) is 8.04. The number of rotatable bonds is 5. The number of benzene rings is 2. The molecule has 1 aliphatic rings. The van der Waals surface area contributed by atoms with Crippen molar-refractivity contribution in [2.24, 2.45) is 0 Å². The quantitative estimate of drug-likeness (QED) is 0.643. The van der Waals surface area contributed by atoms with E-state index in [9.17, 15) is 14.0 Å². The summed E-state index contributed by atoms with van der Waals surface area (Å²) >= 11 is 1.63. The monoisotopic (exact) mass is 412 g/mol. The highest BCUT2D eigenvalue weighted by Crippen LogP contribution is 2.32. The van der Waals surface area contributed by atoms with E-state index in [1.165, 1.54) is 18.2 Å². The number of thioether (sulfide) groups is 1. The van der Waals surface area contributed by atoms with Gasteiger partial charge in [-0.25, -0.2) is 4.39 Å². The van der Waals surface area contributed by atoms with E-state index in [0.29, 0.717) is 6.54 Å². The van der Waals surface area contributed by atoms with E-state index < -0.39 is 11.7 Å². The molecule has 148 valence electrons. The average Bonchev–Trinajstić information content (AvgIpc) is 3.35. The highest BCUT2D eigenvalue weighted by molar-refractivity contribution is 7.98. The number of carbonyl (C=O) groups is 2. The van der Waals surface area contributed by atoms with E-state index in [1.54, 1.807) is 22.7 Å². The first-order valence-corrected chi connectivity index (χ1v) is 10.1. The van der Waals surface area contributed by atoms with Gasteiger partial charge in [0.15, 0.2) is 0 Å². The number of amides is 2. The zero-order chi connectivity index (χ0) is 20.4. The summed E-state index contributed by atoms with van der Waals surface area (Å²) in [6, 6.07) is 13.2. The minimum atomic E-state index is -0.684. The van der Waals surface area contributed by atoms with Gasteiger partial charge in [0.2, 0.25) is 11.8 Å². The lowest BCUT2D eigenvalue weighted by molar-refractivity contribution is -0.117. The van der Waals surface area contributed by atoms with Crippen molar-refractivity contribution in [2.45, 2.75) is 17.2 Å². The molecular weight excluding hydrogens is 395 g/mol. The minimum absolute atomic E-state index is 0.0398. The maximum atomic E-state index is 13.7. The number of hydrogen-bond acceptors (Lipinski definition) is 6. The first-order chi connectivity index (χ1) is 14.0. The van der Waals surface area contributed by atoms with Crippen LogP contribution in [-0.4, -0.2) is 34.8 Å². The molecule has 0 bridgehead atoms. The van der Waals surface area contributed by atoms with E-state index in [0.717, 1.165) is 10.6 Å². The Morgan fingerprint density at radius 1 is 1.21 bits per heavy atom. The SMILES string of the molecule is CSc1ccc(N2C[C@H](c3nnc(NC(=O)c4ccccc4F)o3)CC2=O)cc1. The smallest absolute Gasteiger partial charge is 0.322 e. The van der Waals surface area contributed by atoms with Crippen LogP contribution in [0, 0.1) is 5.82 Å². The standard InChI is InChI=1S/C20H17FN4O3S/c1-29-14-8-6-13(7-9-14)25-11-12(10-17(25)26)19-23-24-20(28-19)22-18(27)15-4-2-3-5-16(15)21/h2-9,12H,10-11H2,1H3,(H,22,24,27)/t12-/m1/s1. The molecule has 9 heteroatoms. The second-order valence-electron chi connectivity index (χ2n) is 6.48. The number of hydrogen-bond donors (Lipinski definition) is 1. The minimum Gasteiger partial charge on any atom is -0.407 e. The third-order valence-corrected chi connectivity index (χ3v) is 5.38. The number of anilines is 2. The van der Waals surface area contributed by atoms with E-state index in [1.807, 2.05) is 30.5 Å². The molecule has 0 aliphatic carbocycles. The maximum absolute atomic E-state index is 13.7. The molecule has 1 saturated heterocycles. The van der Waals surface area contributed by atoms with Crippen LogP contribution in [0.1, 0.15) is 28.6 Å². The Kier molecular flexibility index (Phi) is 5.30. The van der Waals surface area contributed by atoms with Crippen LogP contribution >= 0.6 is 11.8 Å². The van der Waals surface area contributed by atoms with E-state index in [-0.39, 0.29) is 35.7 Å². The highest BCUT2D eigenvalue weighted by atomic mass is 32.2. The third-order valence-electron chi connectivity index (χ3n) is 4.64. The van der Waals surface area contributed by atoms with Crippen LogP contribution in [0.5, 0.6) is 0 Å². The predicted octanol–water partition coefficient (Wildman–Crippen LogP) is 3.70. The zero-order valence-electron chi connectivity index (χ0n) is 15.5. The van der Waals surface area contributed by atoms with Gasteiger partial charge in [0.25, 0.3) is 5.91 Å². The lowest BCUT2D eigenvalue weighted by atomic mass is 10.1. The van der Waals surface area contributed by atoms with Crippen molar-refractivity contribution in [3.63, 3.8) is 0 Å². The van der Waals surface area contributed by atoms with Crippen molar-refractivity contribution in [1.82, 2.24) is 10.2 Å². The molecule has 2 amide bonds. The van der Waals surface area contributed by atoms with Gasteiger partial charge in [0.05, 0.1) is 11.5 Å². The first kappa shape index (κ1) is 19.1. The van der Waals surface area contributed by atoms with Crippen LogP contribution in [0.3, 0.4) is 0 Å². The number of halogens is 1. The molecule has 1 fully saturated rings. The third kappa shape index (κ3) is 4.00. The zero-order valence-corrected chi connectivity index (χ0v) is 16.3. The molecule has 0 spiro atoms. The van der Waals surface area contributed by atoms with Crippen molar-refractivity contribution in [1.29, 1.82) is 0 Å². The predicted molar refractivity (Wildman–Crippen MR) is 107 cm³/mol. The number of nitrogens with zero attached hydrogens (tertiary/aromatic N) is 3. The lowest BCUT2D eigenvalue weighted by Crippen LogP contribution is -2.24. The number of carbonyl (C=O) groups excluding carboxylic acids is 2. The van der Waals surface area contributed by atoms with Crippen LogP contribution in [-0.2, 0) is 4.79 Å². The van der Waals surface area contributed by atoms with Gasteiger partial charge in [-0.05, 0) is 42.7 Å². The molecule has 0 radical (unpaired) electrons. The summed E-state index contributed by atoms with van der Waals surface area (Å²) in [4.78, 5) is 27.4. The highest BCUT2D eigenvalue weighted by Gasteiger charge is 2.35. The molecular formula is C20H17FN4O3S. The normalized spacial score (nSPS) is 16.3. The number of aromatic nitrogens is 2. The Hall–Kier alpha value is -3.20. The summed E-state index contributed by atoms with van der Waals surface area (Å²) in [7, 11) is 0. The Labute approximate surface area is 170 Å². The largest absolute Gasteiger partial charge is 0.407 e. The molecule has 1 N–H and O–H groups in total. The Bertz CT molecular complexity index is 1050. The van der Waals surface area contributed by atoms with Crippen molar-refractivity contribution in [3.05, 3.63) is 65.8 Å². The molecule has 2 heterocycles. The van der Waals surface area contributed by atoms with E-state index in [2.05, 4.69) is 15.5 Å². The fraction of sp³-hybridized carbons (Fsp3) is 0.200. The van der Waals surface area contributed by atoms with Crippen molar-refractivity contribution in [3.8, 4) is 0 Å². The Morgan fingerprint density at radius 2 is 1.97 bits per heavy atom. The van der Waals surface area contributed by atoms with Crippen molar-refractivity contribution < 1.29 is 18.4 Å². The number of nitrogens with one attached hydrogen (secondary N) is 1. The van der Waals surface area contributed by atoms with Crippen molar-refractivity contribution in [2.75, 3.05) is 23.0 Å². The lowest BCUT2D eigenvalue weighted by Gasteiger charge is -2.16. The molecule has 0 saturated carbocycles. The van der Waals surface area contributed by atoms with Crippen LogP contribution in [0.25, 0.3) is 0 Å². The summed E-state index contributed by atoms with van der Waals surface area (Å²) in [6.45, 7) is 0.403. The molecule has 1 aliphatic heterocycles. The molecule has 0 unspecified atom stereocenters. The molecule has 1 aromatic heterocycles. The Balaban J connectivity index is 1.45. The van der Waals surface area contributed by atoms with E-state index in [4.69, 9.17) is 4.42 Å². The topological polar surface area (TPSA) is 88.3 Å². The van der Waals surface area contributed by atoms with Crippen LogP contribution in [0.4, 0.5) is 16.1 Å². The fourth-order valence-corrected chi connectivity index (χ4v) is 3.55. The van der Waals surface area contributed by atoms with Gasteiger partial charge < -0.3 is 9.32 Å². The molecule has 3 aromatic rings. The van der Waals surface area contributed by atoms with Gasteiger partial charge in [-0.1, -0.05) is 17.2 Å². The summed E-state index contributed by atoms with van der Waals surface area (Å²) in [5.41, 5.74) is 0.686. The van der Waals surface area contributed by atoms with Gasteiger partial charge in [-0.15, -0.1) is 16.9 Å². The molecule has 7 nitrogen and oxygen atoms in total. The van der Waals surface area contributed by atoms with Crippen LogP contribution in [0.2, 0.25) is 0 Å². The fourth-order valence-electron chi connectivity index (χ4n) is 3.14. The maximum Gasteiger partial charge on any atom is 0.322 e. The van der Waals surface area contributed by atoms with Crippen LogP contribution in [0.15, 0.2) is 57.8 Å². The van der Waals surface area contributed by atoms with Crippen LogP contribution < -0.4 is 10.2 Å². The van der Waals surface area contributed by atoms with Gasteiger partial charge in [-0.3, -0.25) is 14.9 Å². The van der Waals surface area contributed by atoms with Gasteiger partial charge >= 0.3 is 6.01 Å². The van der Waals surface area contributed by atoms with Crippen molar-refractivity contribution >= 4 is 35.3 Å². The Morgan fingerprint density at radius 3 is 2.69 bits per heavy atom. The molecule has 29 heavy (non-hydrogen) atoms. The average molecular weight is 412 g/mol. The second-order valence-corrected chi connectivity index (χ2v) is 7.36. The van der Waals surface area contributed by atoms with Gasteiger partial charge in [-0.2, -0.15) is 0 Å².